The lowest BCUT2D eigenvalue weighted by Crippen LogP contribution is -2.54. The van der Waals surface area contributed by atoms with Gasteiger partial charge in [-0.1, -0.05) is 6.07 Å². The van der Waals surface area contributed by atoms with Crippen LogP contribution in [0.1, 0.15) is 19.3 Å². The van der Waals surface area contributed by atoms with Crippen LogP contribution in [0.2, 0.25) is 0 Å². The summed E-state index contributed by atoms with van der Waals surface area (Å²) >= 11 is 0. The van der Waals surface area contributed by atoms with E-state index < -0.39 is 0 Å². The van der Waals surface area contributed by atoms with Crippen molar-refractivity contribution in [2.24, 2.45) is 0 Å². The van der Waals surface area contributed by atoms with E-state index in [1.165, 1.54) is 19.3 Å². The Morgan fingerprint density at radius 3 is 2.89 bits per heavy atom. The molecular formula is C14H20N4. The normalized spacial score (nSPS) is 17.9. The summed E-state index contributed by atoms with van der Waals surface area (Å²) in [6.45, 7) is 0.997. The molecule has 0 aromatic carbocycles. The van der Waals surface area contributed by atoms with Gasteiger partial charge in [0.1, 0.15) is 11.5 Å². The summed E-state index contributed by atoms with van der Waals surface area (Å²) in [6.07, 6.45) is 7.75. The van der Waals surface area contributed by atoms with Crippen LogP contribution in [0.3, 0.4) is 0 Å². The molecule has 0 amide bonds. The van der Waals surface area contributed by atoms with E-state index in [-0.39, 0.29) is 0 Å². The van der Waals surface area contributed by atoms with E-state index in [0.717, 1.165) is 18.0 Å². The number of likely N-dealkylation sites (N-methyl/N-ethyl adjacent to an activating group) is 1. The molecule has 18 heavy (non-hydrogen) atoms. The number of nitrogens with one attached hydrogen (secondary N) is 1. The molecule has 2 heterocycles. The maximum absolute atomic E-state index is 4.31. The molecule has 1 N–H and O–H groups in total. The third kappa shape index (κ3) is 1.77. The first kappa shape index (κ1) is 11.5. The Morgan fingerprint density at radius 1 is 1.39 bits per heavy atom. The van der Waals surface area contributed by atoms with Gasteiger partial charge in [0.25, 0.3) is 0 Å². The van der Waals surface area contributed by atoms with Gasteiger partial charge < -0.3 is 10.2 Å². The van der Waals surface area contributed by atoms with Crippen molar-refractivity contribution in [2.45, 2.75) is 24.8 Å². The van der Waals surface area contributed by atoms with Crippen LogP contribution in [0.4, 0.5) is 5.82 Å². The molecule has 4 heteroatoms. The largest absolute Gasteiger partial charge is 0.369 e. The van der Waals surface area contributed by atoms with Gasteiger partial charge in [0, 0.05) is 24.5 Å². The van der Waals surface area contributed by atoms with Crippen molar-refractivity contribution < 1.29 is 0 Å². The Bertz CT molecular complexity index is 539. The predicted molar refractivity (Wildman–Crippen MR) is 74.0 cm³/mol. The van der Waals surface area contributed by atoms with Crippen molar-refractivity contribution in [3.05, 3.63) is 30.6 Å². The number of aromatic nitrogens is 2. The van der Waals surface area contributed by atoms with Gasteiger partial charge in [-0.2, -0.15) is 0 Å². The van der Waals surface area contributed by atoms with Crippen molar-refractivity contribution in [3.63, 3.8) is 0 Å². The summed E-state index contributed by atoms with van der Waals surface area (Å²) in [4.78, 5) is 6.66. The lowest BCUT2D eigenvalue weighted by molar-refractivity contribution is 0.0738. The molecule has 3 rings (SSSR count). The topological polar surface area (TPSA) is 32.6 Å². The summed E-state index contributed by atoms with van der Waals surface area (Å²) < 4.78 is 2.10. The monoisotopic (exact) mass is 244 g/mol. The number of nitrogens with zero attached hydrogens (tertiary/aromatic N) is 3. The number of rotatable bonds is 4. The molecule has 0 unspecified atom stereocenters. The molecule has 0 atom stereocenters. The van der Waals surface area contributed by atoms with Gasteiger partial charge in [-0.05, 0) is 45.5 Å². The highest BCUT2D eigenvalue weighted by Gasteiger charge is 2.38. The van der Waals surface area contributed by atoms with Crippen molar-refractivity contribution in [2.75, 3.05) is 26.0 Å². The Balaban J connectivity index is 1.79. The first-order valence-electron chi connectivity index (χ1n) is 6.55. The molecule has 0 bridgehead atoms. The van der Waals surface area contributed by atoms with Gasteiger partial charge in [0.2, 0.25) is 0 Å². The quantitative estimate of drug-likeness (QED) is 0.895. The van der Waals surface area contributed by atoms with Gasteiger partial charge in [-0.25, -0.2) is 4.98 Å². The van der Waals surface area contributed by atoms with Crippen LogP contribution in [0.5, 0.6) is 0 Å². The lowest BCUT2D eigenvalue weighted by atomic mass is 9.75. The number of pyridine rings is 1. The zero-order valence-electron chi connectivity index (χ0n) is 11.1. The molecule has 0 radical (unpaired) electrons. The first-order chi connectivity index (χ1) is 8.71. The zero-order chi connectivity index (χ0) is 12.6. The van der Waals surface area contributed by atoms with Crippen molar-refractivity contribution in [3.8, 4) is 0 Å². The van der Waals surface area contributed by atoms with Crippen molar-refractivity contribution in [1.29, 1.82) is 0 Å². The summed E-state index contributed by atoms with van der Waals surface area (Å²) in [5.74, 6) is 1.12. The van der Waals surface area contributed by atoms with E-state index in [1.54, 1.807) is 0 Å². The first-order valence-corrected chi connectivity index (χ1v) is 6.55. The average molecular weight is 244 g/mol. The molecule has 2 aromatic heterocycles. The minimum atomic E-state index is 0.336. The van der Waals surface area contributed by atoms with Crippen molar-refractivity contribution >= 4 is 11.5 Å². The summed E-state index contributed by atoms with van der Waals surface area (Å²) in [5.41, 5.74) is 1.33. The predicted octanol–water partition coefficient (Wildman–Crippen LogP) is 2.23. The van der Waals surface area contributed by atoms with Gasteiger partial charge in [-0.3, -0.25) is 4.40 Å². The van der Waals surface area contributed by atoms with Gasteiger partial charge in [0.05, 0.1) is 0 Å². The maximum Gasteiger partial charge on any atom is 0.138 e. The summed E-state index contributed by atoms with van der Waals surface area (Å²) in [7, 11) is 4.36. The number of hydrogen-bond donors (Lipinski definition) is 1. The Morgan fingerprint density at radius 2 is 2.22 bits per heavy atom. The standard InChI is InChI=1S/C14H20N4/c1-17(2)14(7-4-8-14)11-16-13-6-3-5-12-15-9-10-18(12)13/h3,5-6,9-10,16H,4,7-8,11H2,1-2H3. The smallest absolute Gasteiger partial charge is 0.138 e. The fraction of sp³-hybridized carbons (Fsp3) is 0.500. The fourth-order valence-electron chi connectivity index (χ4n) is 2.71. The number of hydrogen-bond acceptors (Lipinski definition) is 3. The van der Waals surface area contributed by atoms with Gasteiger partial charge >= 0.3 is 0 Å². The lowest BCUT2D eigenvalue weighted by Gasteiger charge is -2.47. The molecule has 1 saturated carbocycles. The molecule has 1 aliphatic carbocycles. The van der Waals surface area contributed by atoms with Crippen LogP contribution in [-0.2, 0) is 0 Å². The molecule has 1 fully saturated rings. The summed E-state index contributed by atoms with van der Waals surface area (Å²) in [6, 6.07) is 6.18. The molecule has 4 nitrogen and oxygen atoms in total. The molecule has 96 valence electrons. The van der Waals surface area contributed by atoms with E-state index >= 15 is 0 Å². The molecule has 0 saturated heterocycles. The minimum absolute atomic E-state index is 0.336. The molecular weight excluding hydrogens is 224 g/mol. The third-order valence-electron chi connectivity index (χ3n) is 4.26. The SMILES string of the molecule is CN(C)C1(CNc2cccc3nccn23)CCC1. The highest BCUT2D eigenvalue weighted by Crippen LogP contribution is 2.36. The third-order valence-corrected chi connectivity index (χ3v) is 4.26. The Labute approximate surface area is 108 Å². The second-order valence-corrected chi connectivity index (χ2v) is 5.39. The fourth-order valence-corrected chi connectivity index (χ4v) is 2.71. The highest BCUT2D eigenvalue weighted by molar-refractivity contribution is 5.50. The van der Waals surface area contributed by atoms with Crippen LogP contribution in [0.25, 0.3) is 5.65 Å². The molecule has 0 aliphatic heterocycles. The number of anilines is 1. The molecule has 0 spiro atoms. The van der Waals surface area contributed by atoms with E-state index in [2.05, 4.69) is 39.8 Å². The maximum atomic E-state index is 4.31. The van der Waals surface area contributed by atoms with E-state index in [0.29, 0.717) is 5.54 Å². The van der Waals surface area contributed by atoms with Crippen LogP contribution in [0.15, 0.2) is 30.6 Å². The van der Waals surface area contributed by atoms with E-state index in [1.807, 2.05) is 24.5 Å². The van der Waals surface area contributed by atoms with Gasteiger partial charge in [-0.15, -0.1) is 0 Å². The van der Waals surface area contributed by atoms with E-state index in [4.69, 9.17) is 0 Å². The van der Waals surface area contributed by atoms with Gasteiger partial charge in [0.15, 0.2) is 0 Å². The summed E-state index contributed by atoms with van der Waals surface area (Å²) in [5, 5.41) is 3.58. The highest BCUT2D eigenvalue weighted by atomic mass is 15.2. The van der Waals surface area contributed by atoms with Crippen LogP contribution < -0.4 is 5.32 Å². The average Bonchev–Trinajstić information content (AvgIpc) is 2.75. The van der Waals surface area contributed by atoms with Crippen LogP contribution in [0, 0.1) is 0 Å². The molecule has 2 aromatic rings. The Hall–Kier alpha value is -1.55. The second kappa shape index (κ2) is 4.28. The van der Waals surface area contributed by atoms with E-state index in [9.17, 15) is 0 Å². The van der Waals surface area contributed by atoms with Crippen LogP contribution in [-0.4, -0.2) is 40.5 Å². The Kier molecular flexibility index (Phi) is 2.74. The number of imidazole rings is 1. The minimum Gasteiger partial charge on any atom is -0.369 e. The van der Waals surface area contributed by atoms with Crippen LogP contribution >= 0.6 is 0 Å². The van der Waals surface area contributed by atoms with Crippen molar-refractivity contribution in [1.82, 2.24) is 14.3 Å². The second-order valence-electron chi connectivity index (χ2n) is 5.39. The molecule has 1 aliphatic rings. The zero-order valence-corrected chi connectivity index (χ0v) is 11.1. The number of fused-ring (bicyclic) bond motifs is 1.